The second kappa shape index (κ2) is 8.02. The van der Waals surface area contributed by atoms with E-state index >= 15 is 0 Å². The molecule has 144 valence electrons. The maximum atomic E-state index is 13.2. The van der Waals surface area contributed by atoms with Gasteiger partial charge >= 0.3 is 0 Å². The molecule has 0 aliphatic carbocycles. The lowest BCUT2D eigenvalue weighted by Gasteiger charge is -2.22. The molecule has 1 amide bonds. The van der Waals surface area contributed by atoms with E-state index in [4.69, 9.17) is 5.84 Å². The topological polar surface area (TPSA) is 77.0 Å². The zero-order valence-corrected chi connectivity index (χ0v) is 16.0. The standard InChI is InChI=1S/C20H20FN5OS/c21-16-10-8-15(9-11-16)18-23-24-20(26(18)22)28-17(14-6-2-1-3-7-14)19(27)25-12-4-5-13-25/h1-3,6-11,17H,4-5,12-13,22H2. The summed E-state index contributed by atoms with van der Waals surface area (Å²) >= 11 is 1.28. The van der Waals surface area contributed by atoms with Gasteiger partial charge in [-0.2, -0.15) is 0 Å². The first kappa shape index (κ1) is 18.5. The molecule has 1 unspecified atom stereocenters. The Hall–Kier alpha value is -2.87. The van der Waals surface area contributed by atoms with Crippen molar-refractivity contribution in [3.8, 4) is 11.4 Å². The van der Waals surface area contributed by atoms with Crippen molar-refractivity contribution in [2.45, 2.75) is 23.2 Å². The van der Waals surface area contributed by atoms with E-state index in [1.807, 2.05) is 35.2 Å². The zero-order valence-electron chi connectivity index (χ0n) is 15.2. The summed E-state index contributed by atoms with van der Waals surface area (Å²) in [5.41, 5.74) is 1.56. The Bertz CT molecular complexity index is 954. The minimum Gasteiger partial charge on any atom is -0.341 e. The minimum atomic E-state index is -0.452. The number of amides is 1. The molecule has 1 aliphatic rings. The molecule has 8 heteroatoms. The smallest absolute Gasteiger partial charge is 0.240 e. The van der Waals surface area contributed by atoms with Crippen LogP contribution in [-0.2, 0) is 4.79 Å². The Morgan fingerprint density at radius 2 is 1.71 bits per heavy atom. The van der Waals surface area contributed by atoms with Gasteiger partial charge in [-0.1, -0.05) is 42.1 Å². The van der Waals surface area contributed by atoms with E-state index in [0.717, 1.165) is 31.5 Å². The van der Waals surface area contributed by atoms with Crippen molar-refractivity contribution in [1.82, 2.24) is 19.8 Å². The third kappa shape index (κ3) is 3.73. The summed E-state index contributed by atoms with van der Waals surface area (Å²) in [7, 11) is 0. The van der Waals surface area contributed by atoms with Crippen molar-refractivity contribution in [2.24, 2.45) is 0 Å². The Labute approximate surface area is 166 Å². The first-order chi connectivity index (χ1) is 13.6. The fraction of sp³-hybridized carbons (Fsp3) is 0.250. The largest absolute Gasteiger partial charge is 0.341 e. The van der Waals surface area contributed by atoms with Gasteiger partial charge in [-0.25, -0.2) is 9.07 Å². The third-order valence-electron chi connectivity index (χ3n) is 4.73. The number of likely N-dealkylation sites (tertiary alicyclic amines) is 1. The molecule has 0 spiro atoms. The summed E-state index contributed by atoms with van der Waals surface area (Å²) in [5, 5.41) is 8.29. The lowest BCUT2D eigenvalue weighted by Crippen LogP contribution is -2.31. The van der Waals surface area contributed by atoms with Gasteiger partial charge in [-0.15, -0.1) is 10.2 Å². The molecule has 1 atom stereocenters. The predicted molar refractivity (Wildman–Crippen MR) is 106 cm³/mol. The van der Waals surface area contributed by atoms with E-state index < -0.39 is 5.25 Å². The first-order valence-corrected chi connectivity index (χ1v) is 9.98. The van der Waals surface area contributed by atoms with Gasteiger partial charge < -0.3 is 10.7 Å². The summed E-state index contributed by atoms with van der Waals surface area (Å²) in [6, 6.07) is 15.5. The van der Waals surface area contributed by atoms with Crippen LogP contribution in [0.5, 0.6) is 0 Å². The van der Waals surface area contributed by atoms with Gasteiger partial charge in [0.15, 0.2) is 5.82 Å². The highest BCUT2D eigenvalue weighted by Gasteiger charge is 2.30. The molecule has 1 aromatic heterocycles. The van der Waals surface area contributed by atoms with Crippen LogP contribution in [0.25, 0.3) is 11.4 Å². The fourth-order valence-electron chi connectivity index (χ4n) is 3.25. The number of halogens is 1. The van der Waals surface area contributed by atoms with Crippen molar-refractivity contribution in [3.63, 3.8) is 0 Å². The number of nitrogens with two attached hydrogens (primary N) is 1. The Morgan fingerprint density at radius 1 is 1.04 bits per heavy atom. The molecule has 2 aromatic carbocycles. The number of benzene rings is 2. The van der Waals surface area contributed by atoms with E-state index in [1.165, 1.54) is 28.6 Å². The van der Waals surface area contributed by atoms with Crippen LogP contribution in [0.15, 0.2) is 59.8 Å². The highest BCUT2D eigenvalue weighted by Crippen LogP contribution is 2.37. The average Bonchev–Trinajstić information content (AvgIpc) is 3.38. The van der Waals surface area contributed by atoms with Gasteiger partial charge in [0.05, 0.1) is 0 Å². The highest BCUT2D eigenvalue weighted by molar-refractivity contribution is 8.00. The number of rotatable bonds is 5. The van der Waals surface area contributed by atoms with E-state index in [0.29, 0.717) is 16.5 Å². The molecule has 28 heavy (non-hydrogen) atoms. The van der Waals surface area contributed by atoms with Crippen LogP contribution in [0.1, 0.15) is 23.7 Å². The molecule has 3 aromatic rings. The third-order valence-corrected chi connectivity index (χ3v) is 5.93. The first-order valence-electron chi connectivity index (χ1n) is 9.10. The van der Waals surface area contributed by atoms with Crippen LogP contribution >= 0.6 is 11.8 Å². The van der Waals surface area contributed by atoms with Crippen LogP contribution < -0.4 is 5.84 Å². The summed E-state index contributed by atoms with van der Waals surface area (Å²) in [6.07, 6.45) is 2.05. The van der Waals surface area contributed by atoms with Crippen LogP contribution in [-0.4, -0.2) is 38.8 Å². The van der Waals surface area contributed by atoms with Gasteiger partial charge in [0.2, 0.25) is 11.1 Å². The number of hydrogen-bond acceptors (Lipinski definition) is 5. The Kier molecular flexibility index (Phi) is 5.29. The second-order valence-electron chi connectivity index (χ2n) is 6.62. The van der Waals surface area contributed by atoms with E-state index in [9.17, 15) is 9.18 Å². The zero-order chi connectivity index (χ0) is 19.5. The number of aromatic nitrogens is 3. The lowest BCUT2D eigenvalue weighted by molar-refractivity contribution is -0.129. The Balaban J connectivity index is 1.63. The molecular weight excluding hydrogens is 377 g/mol. The summed E-state index contributed by atoms with van der Waals surface area (Å²) in [6.45, 7) is 1.55. The molecule has 2 heterocycles. The lowest BCUT2D eigenvalue weighted by atomic mass is 10.1. The van der Waals surface area contributed by atoms with Crippen LogP contribution in [0.4, 0.5) is 4.39 Å². The molecule has 1 aliphatic heterocycles. The van der Waals surface area contributed by atoms with Crippen LogP contribution in [0, 0.1) is 5.82 Å². The van der Waals surface area contributed by atoms with Gasteiger partial charge in [-0.05, 0) is 42.7 Å². The van der Waals surface area contributed by atoms with Gasteiger partial charge in [0.25, 0.3) is 0 Å². The molecule has 0 radical (unpaired) electrons. The van der Waals surface area contributed by atoms with Crippen molar-refractivity contribution >= 4 is 17.7 Å². The predicted octanol–water partition coefficient (Wildman–Crippen LogP) is 3.25. The summed E-state index contributed by atoms with van der Waals surface area (Å²) in [4.78, 5) is 15.0. The molecule has 4 rings (SSSR count). The van der Waals surface area contributed by atoms with E-state index in [1.54, 1.807) is 12.1 Å². The maximum Gasteiger partial charge on any atom is 0.240 e. The summed E-state index contributed by atoms with van der Waals surface area (Å²) < 4.78 is 14.5. The Morgan fingerprint density at radius 3 is 2.39 bits per heavy atom. The second-order valence-corrected chi connectivity index (χ2v) is 7.70. The quantitative estimate of drug-likeness (QED) is 0.528. The SMILES string of the molecule is Nn1c(SC(C(=O)N2CCCC2)c2ccccc2)nnc1-c1ccc(F)cc1. The molecule has 1 saturated heterocycles. The van der Waals surface area contributed by atoms with Crippen LogP contribution in [0.2, 0.25) is 0 Å². The number of carbonyl (C=O) groups is 1. The minimum absolute atomic E-state index is 0.0556. The van der Waals surface area contributed by atoms with Gasteiger partial charge in [-0.3, -0.25) is 4.79 Å². The van der Waals surface area contributed by atoms with Crippen molar-refractivity contribution in [2.75, 3.05) is 18.9 Å². The van der Waals surface area contributed by atoms with E-state index in [-0.39, 0.29) is 11.7 Å². The summed E-state index contributed by atoms with van der Waals surface area (Å²) in [5.74, 6) is 6.35. The van der Waals surface area contributed by atoms with Gasteiger partial charge in [0, 0.05) is 18.7 Å². The molecule has 1 fully saturated rings. The monoisotopic (exact) mass is 397 g/mol. The fourth-order valence-corrected chi connectivity index (χ4v) is 4.29. The number of nitrogen functional groups attached to an aromatic ring is 1. The number of nitrogens with zero attached hydrogens (tertiary/aromatic N) is 4. The van der Waals surface area contributed by atoms with Crippen molar-refractivity contribution in [3.05, 3.63) is 66.0 Å². The number of thioether (sulfide) groups is 1. The van der Waals surface area contributed by atoms with Crippen molar-refractivity contribution in [1.29, 1.82) is 0 Å². The van der Waals surface area contributed by atoms with Gasteiger partial charge in [0.1, 0.15) is 11.1 Å². The molecular formula is C20H20FN5OS. The van der Waals surface area contributed by atoms with Crippen LogP contribution in [0.3, 0.4) is 0 Å². The molecule has 0 bridgehead atoms. The number of carbonyl (C=O) groups excluding carboxylic acids is 1. The maximum absolute atomic E-state index is 13.2. The average molecular weight is 397 g/mol. The molecule has 0 saturated carbocycles. The normalized spacial score (nSPS) is 15.0. The van der Waals surface area contributed by atoms with E-state index in [2.05, 4.69) is 10.2 Å². The van der Waals surface area contributed by atoms with Crippen molar-refractivity contribution < 1.29 is 9.18 Å². The highest BCUT2D eigenvalue weighted by atomic mass is 32.2. The number of hydrogen-bond donors (Lipinski definition) is 1. The molecule has 2 N–H and O–H groups in total. The molecule has 6 nitrogen and oxygen atoms in total.